The SMILES string of the molecule is CCCN(C=O)C(C)(C(=O)O)c1cc(Br)ccc1F. The molecule has 0 spiro atoms. The number of hydrogen-bond donors (Lipinski definition) is 1. The Kier molecular flexibility index (Phi) is 5.05. The van der Waals surface area contributed by atoms with E-state index >= 15 is 0 Å². The van der Waals surface area contributed by atoms with Crippen molar-refractivity contribution in [2.75, 3.05) is 6.54 Å². The van der Waals surface area contributed by atoms with Crippen LogP contribution in [0.4, 0.5) is 4.39 Å². The molecule has 1 rings (SSSR count). The van der Waals surface area contributed by atoms with Crippen molar-refractivity contribution in [1.82, 2.24) is 4.90 Å². The third-order valence-corrected chi connectivity index (χ3v) is 3.53. The van der Waals surface area contributed by atoms with Crippen molar-refractivity contribution < 1.29 is 19.1 Å². The molecule has 0 saturated carbocycles. The molecular formula is C13H15BrFNO3. The molecule has 1 aromatic rings. The molecular weight excluding hydrogens is 317 g/mol. The van der Waals surface area contributed by atoms with Gasteiger partial charge in [-0.2, -0.15) is 0 Å². The van der Waals surface area contributed by atoms with Gasteiger partial charge in [0.1, 0.15) is 5.82 Å². The number of rotatable bonds is 6. The lowest BCUT2D eigenvalue weighted by atomic mass is 9.89. The lowest BCUT2D eigenvalue weighted by Gasteiger charge is -2.35. The Hall–Kier alpha value is -1.43. The van der Waals surface area contributed by atoms with Crippen LogP contribution >= 0.6 is 15.9 Å². The minimum absolute atomic E-state index is 0.0464. The monoisotopic (exact) mass is 331 g/mol. The van der Waals surface area contributed by atoms with E-state index in [2.05, 4.69) is 15.9 Å². The molecule has 0 bridgehead atoms. The van der Waals surface area contributed by atoms with Crippen LogP contribution in [-0.2, 0) is 15.1 Å². The maximum Gasteiger partial charge on any atom is 0.334 e. The second-order valence-corrected chi connectivity index (χ2v) is 5.22. The second kappa shape index (κ2) is 6.14. The van der Waals surface area contributed by atoms with Crippen LogP contribution in [-0.4, -0.2) is 28.9 Å². The van der Waals surface area contributed by atoms with Gasteiger partial charge < -0.3 is 10.0 Å². The zero-order valence-corrected chi connectivity index (χ0v) is 12.3. The average molecular weight is 332 g/mol. The Morgan fingerprint density at radius 3 is 2.68 bits per heavy atom. The van der Waals surface area contributed by atoms with Gasteiger partial charge in [-0.05, 0) is 31.5 Å². The van der Waals surface area contributed by atoms with Crippen LogP contribution in [0.2, 0.25) is 0 Å². The fourth-order valence-electron chi connectivity index (χ4n) is 1.89. The minimum atomic E-state index is -1.73. The summed E-state index contributed by atoms with van der Waals surface area (Å²) < 4.78 is 14.5. The molecule has 0 heterocycles. The van der Waals surface area contributed by atoms with Gasteiger partial charge in [-0.15, -0.1) is 0 Å². The summed E-state index contributed by atoms with van der Waals surface area (Å²) in [7, 11) is 0. The molecule has 4 nitrogen and oxygen atoms in total. The van der Waals surface area contributed by atoms with Gasteiger partial charge >= 0.3 is 5.97 Å². The summed E-state index contributed by atoms with van der Waals surface area (Å²) in [6.45, 7) is 3.37. The van der Waals surface area contributed by atoms with Gasteiger partial charge in [0.05, 0.1) is 0 Å². The number of aliphatic carboxylic acids is 1. The topological polar surface area (TPSA) is 57.6 Å². The predicted octanol–water partition coefficient (Wildman–Crippen LogP) is 2.76. The molecule has 19 heavy (non-hydrogen) atoms. The lowest BCUT2D eigenvalue weighted by molar-refractivity contribution is -0.155. The van der Waals surface area contributed by atoms with Gasteiger partial charge in [-0.1, -0.05) is 22.9 Å². The van der Waals surface area contributed by atoms with Crippen molar-refractivity contribution in [2.24, 2.45) is 0 Å². The first-order valence-electron chi connectivity index (χ1n) is 5.78. The smallest absolute Gasteiger partial charge is 0.334 e. The van der Waals surface area contributed by atoms with E-state index in [9.17, 15) is 19.1 Å². The lowest BCUT2D eigenvalue weighted by Crippen LogP contribution is -2.50. The average Bonchev–Trinajstić information content (AvgIpc) is 2.37. The molecule has 1 atom stereocenters. The van der Waals surface area contributed by atoms with E-state index < -0.39 is 17.3 Å². The highest BCUT2D eigenvalue weighted by atomic mass is 79.9. The molecule has 0 saturated heterocycles. The molecule has 1 amide bonds. The number of nitrogens with zero attached hydrogens (tertiary/aromatic N) is 1. The van der Waals surface area contributed by atoms with Crippen molar-refractivity contribution in [3.63, 3.8) is 0 Å². The summed E-state index contributed by atoms with van der Waals surface area (Å²) in [6.07, 6.45) is 1.02. The molecule has 0 aliphatic heterocycles. The van der Waals surface area contributed by atoms with Crippen molar-refractivity contribution in [3.8, 4) is 0 Å². The van der Waals surface area contributed by atoms with Crippen LogP contribution in [0.25, 0.3) is 0 Å². The first-order valence-corrected chi connectivity index (χ1v) is 6.58. The highest BCUT2D eigenvalue weighted by Crippen LogP contribution is 2.32. The van der Waals surface area contributed by atoms with Gasteiger partial charge in [0.15, 0.2) is 5.54 Å². The zero-order valence-electron chi connectivity index (χ0n) is 10.7. The van der Waals surface area contributed by atoms with E-state index in [0.29, 0.717) is 17.3 Å². The Labute approximate surface area is 119 Å². The highest BCUT2D eigenvalue weighted by Gasteiger charge is 2.42. The molecule has 1 unspecified atom stereocenters. The Balaban J connectivity index is 3.44. The number of halogens is 2. The molecule has 104 valence electrons. The number of hydrogen-bond acceptors (Lipinski definition) is 2. The summed E-state index contributed by atoms with van der Waals surface area (Å²) in [4.78, 5) is 23.8. The Morgan fingerprint density at radius 1 is 1.58 bits per heavy atom. The van der Waals surface area contributed by atoms with Crippen molar-refractivity contribution in [1.29, 1.82) is 0 Å². The zero-order chi connectivity index (χ0) is 14.6. The van der Waals surface area contributed by atoms with E-state index in [-0.39, 0.29) is 12.1 Å². The molecule has 0 aliphatic carbocycles. The van der Waals surface area contributed by atoms with Crippen LogP contribution < -0.4 is 0 Å². The number of amides is 1. The van der Waals surface area contributed by atoms with Crippen LogP contribution in [0, 0.1) is 5.82 Å². The molecule has 0 aromatic heterocycles. The van der Waals surface area contributed by atoms with Crippen molar-refractivity contribution in [3.05, 3.63) is 34.1 Å². The van der Waals surface area contributed by atoms with E-state index in [1.54, 1.807) is 0 Å². The van der Waals surface area contributed by atoms with Gasteiger partial charge in [-0.3, -0.25) is 4.79 Å². The van der Waals surface area contributed by atoms with Gasteiger partial charge in [0.25, 0.3) is 0 Å². The van der Waals surface area contributed by atoms with E-state index in [4.69, 9.17) is 0 Å². The van der Waals surface area contributed by atoms with Gasteiger partial charge in [0, 0.05) is 16.6 Å². The summed E-state index contributed by atoms with van der Waals surface area (Å²) in [5.41, 5.74) is -1.78. The van der Waals surface area contributed by atoms with Crippen molar-refractivity contribution in [2.45, 2.75) is 25.8 Å². The number of carboxylic acid groups (broad SMARTS) is 1. The summed E-state index contributed by atoms with van der Waals surface area (Å²) in [6, 6.07) is 4.04. The molecule has 1 aromatic carbocycles. The highest BCUT2D eigenvalue weighted by molar-refractivity contribution is 9.10. The fraction of sp³-hybridized carbons (Fsp3) is 0.385. The number of benzene rings is 1. The summed E-state index contributed by atoms with van der Waals surface area (Å²) >= 11 is 3.18. The van der Waals surface area contributed by atoms with Crippen LogP contribution in [0.15, 0.2) is 22.7 Å². The quantitative estimate of drug-likeness (QED) is 0.815. The maximum atomic E-state index is 13.9. The molecule has 0 fully saturated rings. The summed E-state index contributed by atoms with van der Waals surface area (Å²) in [5.74, 6) is -1.93. The maximum absolute atomic E-state index is 13.9. The first-order chi connectivity index (χ1) is 8.87. The van der Waals surface area contributed by atoms with Crippen LogP contribution in [0.1, 0.15) is 25.8 Å². The second-order valence-electron chi connectivity index (χ2n) is 4.30. The molecule has 0 radical (unpaired) electrons. The third-order valence-electron chi connectivity index (χ3n) is 3.04. The Bertz CT molecular complexity index is 495. The van der Waals surface area contributed by atoms with E-state index in [0.717, 1.165) is 4.90 Å². The molecule has 6 heteroatoms. The van der Waals surface area contributed by atoms with E-state index in [1.165, 1.54) is 25.1 Å². The normalized spacial score (nSPS) is 13.7. The van der Waals surface area contributed by atoms with Crippen LogP contribution in [0.3, 0.4) is 0 Å². The first kappa shape index (κ1) is 15.6. The fourth-order valence-corrected chi connectivity index (χ4v) is 2.25. The number of carboxylic acids is 1. The molecule has 0 aliphatic rings. The minimum Gasteiger partial charge on any atom is -0.479 e. The predicted molar refractivity (Wildman–Crippen MR) is 72.1 cm³/mol. The standard InChI is InChI=1S/C13H15BrFNO3/c1-3-6-16(8-17)13(2,12(18)19)10-7-9(14)4-5-11(10)15/h4-5,7-8H,3,6H2,1-2H3,(H,18,19). The Morgan fingerprint density at radius 2 is 2.21 bits per heavy atom. The van der Waals surface area contributed by atoms with Gasteiger partial charge in [0.2, 0.25) is 6.41 Å². The number of carbonyl (C=O) groups is 2. The van der Waals surface area contributed by atoms with E-state index in [1.807, 2.05) is 6.92 Å². The van der Waals surface area contributed by atoms with Gasteiger partial charge in [-0.25, -0.2) is 9.18 Å². The molecule has 1 N–H and O–H groups in total. The van der Waals surface area contributed by atoms with Crippen LogP contribution in [0.5, 0.6) is 0 Å². The largest absolute Gasteiger partial charge is 0.479 e. The summed E-state index contributed by atoms with van der Waals surface area (Å²) in [5, 5.41) is 9.45. The number of carbonyl (C=O) groups excluding carboxylic acids is 1. The third kappa shape index (κ3) is 2.94. The van der Waals surface area contributed by atoms with Crippen molar-refractivity contribution >= 4 is 28.3 Å².